The number of amides is 1. The van der Waals surface area contributed by atoms with Gasteiger partial charge in [-0.2, -0.15) is 5.10 Å². The van der Waals surface area contributed by atoms with E-state index in [2.05, 4.69) is 10.4 Å². The summed E-state index contributed by atoms with van der Waals surface area (Å²) in [6.07, 6.45) is 9.07. The molecule has 1 aliphatic carbocycles. The molecule has 5 nitrogen and oxygen atoms in total. The lowest BCUT2D eigenvalue weighted by Crippen LogP contribution is -2.57. The Kier molecular flexibility index (Phi) is 4.75. The van der Waals surface area contributed by atoms with Gasteiger partial charge in [-0.05, 0) is 18.9 Å². The van der Waals surface area contributed by atoms with Crippen LogP contribution in [0.5, 0.6) is 0 Å². The minimum atomic E-state index is -0.551. The van der Waals surface area contributed by atoms with Crippen molar-refractivity contribution in [1.29, 1.82) is 0 Å². The van der Waals surface area contributed by atoms with Gasteiger partial charge in [0, 0.05) is 13.2 Å². The molecule has 2 rings (SSSR count). The van der Waals surface area contributed by atoms with Crippen LogP contribution in [-0.2, 0) is 7.05 Å². The van der Waals surface area contributed by atoms with Crippen LogP contribution >= 0.6 is 12.2 Å². The summed E-state index contributed by atoms with van der Waals surface area (Å²) in [6, 6.07) is 1.70. The SMILES string of the molecule is Cn1ccc(C(=O)NC2(C(N)=S)CCCCCCC2)n1. The van der Waals surface area contributed by atoms with Crippen LogP contribution < -0.4 is 11.1 Å². The molecule has 0 unspecified atom stereocenters. The van der Waals surface area contributed by atoms with Crippen molar-refractivity contribution in [3.63, 3.8) is 0 Å². The van der Waals surface area contributed by atoms with Crippen molar-refractivity contribution in [3.8, 4) is 0 Å². The molecular formula is C14H22N4OS. The first-order valence-electron chi connectivity index (χ1n) is 7.16. The first-order chi connectivity index (χ1) is 9.53. The number of nitrogens with zero attached hydrogens (tertiary/aromatic N) is 2. The summed E-state index contributed by atoms with van der Waals surface area (Å²) < 4.78 is 1.61. The fourth-order valence-electron chi connectivity index (χ4n) is 2.76. The van der Waals surface area contributed by atoms with Gasteiger partial charge >= 0.3 is 0 Å². The number of aryl methyl sites for hydroxylation is 1. The van der Waals surface area contributed by atoms with Gasteiger partial charge in [0.25, 0.3) is 5.91 Å². The molecule has 0 saturated heterocycles. The number of hydrogen-bond donors (Lipinski definition) is 2. The van der Waals surface area contributed by atoms with E-state index in [4.69, 9.17) is 18.0 Å². The maximum absolute atomic E-state index is 12.3. The zero-order valence-electron chi connectivity index (χ0n) is 11.9. The van der Waals surface area contributed by atoms with E-state index in [0.717, 1.165) is 25.7 Å². The van der Waals surface area contributed by atoms with Gasteiger partial charge in [-0.1, -0.05) is 44.3 Å². The van der Waals surface area contributed by atoms with Crippen LogP contribution in [0, 0.1) is 0 Å². The number of thiocarbonyl (C=S) groups is 1. The molecule has 0 aromatic carbocycles. The van der Waals surface area contributed by atoms with Crippen LogP contribution in [-0.4, -0.2) is 26.2 Å². The zero-order valence-corrected chi connectivity index (χ0v) is 12.7. The Labute approximate surface area is 124 Å². The summed E-state index contributed by atoms with van der Waals surface area (Å²) >= 11 is 5.24. The minimum Gasteiger partial charge on any atom is -0.391 e. The molecule has 1 aliphatic rings. The molecule has 1 amide bonds. The summed E-state index contributed by atoms with van der Waals surface area (Å²) in [6.45, 7) is 0. The Morgan fingerprint density at radius 3 is 2.45 bits per heavy atom. The molecule has 110 valence electrons. The zero-order chi connectivity index (χ0) is 14.6. The number of rotatable bonds is 3. The predicted octanol–water partition coefficient (Wildman–Crippen LogP) is 1.92. The quantitative estimate of drug-likeness (QED) is 0.835. The van der Waals surface area contributed by atoms with Crippen LogP contribution in [0.25, 0.3) is 0 Å². The normalized spacial score (nSPS) is 18.9. The molecule has 6 heteroatoms. The summed E-state index contributed by atoms with van der Waals surface area (Å²) in [5.41, 5.74) is 5.80. The van der Waals surface area contributed by atoms with Crippen LogP contribution in [0.2, 0.25) is 0 Å². The van der Waals surface area contributed by atoms with E-state index in [1.165, 1.54) is 19.3 Å². The van der Waals surface area contributed by atoms with E-state index in [1.807, 2.05) is 0 Å². The van der Waals surface area contributed by atoms with Crippen molar-refractivity contribution in [3.05, 3.63) is 18.0 Å². The Bertz CT molecular complexity index is 489. The molecule has 0 radical (unpaired) electrons. The Balaban J connectivity index is 2.15. The second kappa shape index (κ2) is 6.35. The van der Waals surface area contributed by atoms with Crippen molar-refractivity contribution < 1.29 is 4.79 Å². The van der Waals surface area contributed by atoms with E-state index in [9.17, 15) is 4.79 Å². The van der Waals surface area contributed by atoms with Crippen molar-refractivity contribution in [2.45, 2.75) is 50.5 Å². The highest BCUT2D eigenvalue weighted by Gasteiger charge is 2.35. The van der Waals surface area contributed by atoms with Gasteiger partial charge in [-0.25, -0.2) is 0 Å². The molecule has 1 aromatic rings. The van der Waals surface area contributed by atoms with E-state index < -0.39 is 5.54 Å². The van der Waals surface area contributed by atoms with Crippen LogP contribution in [0.4, 0.5) is 0 Å². The third kappa shape index (κ3) is 3.36. The van der Waals surface area contributed by atoms with Crippen LogP contribution in [0.15, 0.2) is 12.3 Å². The predicted molar refractivity (Wildman–Crippen MR) is 82.5 cm³/mol. The van der Waals surface area contributed by atoms with Crippen molar-refractivity contribution in [1.82, 2.24) is 15.1 Å². The second-order valence-electron chi connectivity index (χ2n) is 5.54. The molecule has 20 heavy (non-hydrogen) atoms. The molecule has 0 atom stereocenters. The first-order valence-corrected chi connectivity index (χ1v) is 7.56. The molecule has 1 aromatic heterocycles. The average molecular weight is 294 g/mol. The topological polar surface area (TPSA) is 72.9 Å². The summed E-state index contributed by atoms with van der Waals surface area (Å²) in [4.78, 5) is 12.7. The molecule has 0 aliphatic heterocycles. The number of carbonyl (C=O) groups excluding carboxylic acids is 1. The second-order valence-corrected chi connectivity index (χ2v) is 5.98. The maximum Gasteiger partial charge on any atom is 0.272 e. The number of hydrogen-bond acceptors (Lipinski definition) is 3. The van der Waals surface area contributed by atoms with Gasteiger partial charge in [0.1, 0.15) is 5.69 Å². The van der Waals surface area contributed by atoms with E-state index in [-0.39, 0.29) is 5.91 Å². The van der Waals surface area contributed by atoms with E-state index >= 15 is 0 Å². The van der Waals surface area contributed by atoms with Gasteiger partial charge < -0.3 is 11.1 Å². The first kappa shape index (κ1) is 15.0. The van der Waals surface area contributed by atoms with Crippen molar-refractivity contribution >= 4 is 23.1 Å². The molecule has 3 N–H and O–H groups in total. The smallest absolute Gasteiger partial charge is 0.272 e. The lowest BCUT2D eigenvalue weighted by Gasteiger charge is -2.35. The summed E-state index contributed by atoms with van der Waals surface area (Å²) in [7, 11) is 1.79. The average Bonchev–Trinajstić information content (AvgIpc) is 2.79. The number of nitrogens with one attached hydrogen (secondary N) is 1. The lowest BCUT2D eigenvalue weighted by molar-refractivity contribution is 0.0907. The third-order valence-electron chi connectivity index (χ3n) is 3.98. The van der Waals surface area contributed by atoms with Gasteiger partial charge in [-0.15, -0.1) is 0 Å². The van der Waals surface area contributed by atoms with E-state index in [1.54, 1.807) is 24.0 Å². The van der Waals surface area contributed by atoms with Crippen LogP contribution in [0.1, 0.15) is 55.4 Å². The van der Waals surface area contributed by atoms with Gasteiger partial charge in [0.15, 0.2) is 0 Å². The Morgan fingerprint density at radius 1 is 1.35 bits per heavy atom. The molecule has 0 spiro atoms. The number of nitrogens with two attached hydrogens (primary N) is 1. The fourth-order valence-corrected chi connectivity index (χ4v) is 3.01. The molecule has 1 saturated carbocycles. The fraction of sp³-hybridized carbons (Fsp3) is 0.643. The van der Waals surface area contributed by atoms with Crippen LogP contribution in [0.3, 0.4) is 0 Å². The molecule has 0 bridgehead atoms. The minimum absolute atomic E-state index is 0.195. The number of aromatic nitrogens is 2. The van der Waals surface area contributed by atoms with Crippen molar-refractivity contribution in [2.24, 2.45) is 12.8 Å². The van der Waals surface area contributed by atoms with Gasteiger partial charge in [-0.3, -0.25) is 9.48 Å². The van der Waals surface area contributed by atoms with Gasteiger partial charge in [0.05, 0.1) is 10.5 Å². The Hall–Kier alpha value is -1.43. The standard InChI is InChI=1S/C14H22N4OS/c1-18-10-7-11(17-18)12(19)16-14(13(15)20)8-5-3-2-4-6-9-14/h7,10H,2-6,8-9H2,1H3,(H2,15,20)(H,16,19). The third-order valence-corrected chi connectivity index (χ3v) is 4.37. The summed E-state index contributed by atoms with van der Waals surface area (Å²) in [5.74, 6) is -0.195. The highest BCUT2D eigenvalue weighted by Crippen LogP contribution is 2.27. The largest absolute Gasteiger partial charge is 0.391 e. The molecule has 1 heterocycles. The number of carbonyl (C=O) groups is 1. The lowest BCUT2D eigenvalue weighted by atomic mass is 9.83. The van der Waals surface area contributed by atoms with E-state index in [0.29, 0.717) is 10.7 Å². The van der Waals surface area contributed by atoms with Crippen molar-refractivity contribution in [2.75, 3.05) is 0 Å². The maximum atomic E-state index is 12.3. The Morgan fingerprint density at radius 2 is 1.95 bits per heavy atom. The highest BCUT2D eigenvalue weighted by molar-refractivity contribution is 7.80. The summed E-state index contributed by atoms with van der Waals surface area (Å²) in [5, 5.41) is 7.18. The molecular weight excluding hydrogens is 272 g/mol. The van der Waals surface area contributed by atoms with Gasteiger partial charge in [0.2, 0.25) is 0 Å². The monoisotopic (exact) mass is 294 g/mol. The molecule has 1 fully saturated rings. The highest BCUT2D eigenvalue weighted by atomic mass is 32.1.